The molecule has 2 aliphatic heterocycles. The molecule has 0 N–H and O–H groups in total. The van der Waals surface area contributed by atoms with E-state index in [-0.39, 0.29) is 44.8 Å². The van der Waals surface area contributed by atoms with Crippen LogP contribution in [0.1, 0.15) is 38.8 Å². The summed E-state index contributed by atoms with van der Waals surface area (Å²) in [6.07, 6.45) is 4.71. The third-order valence-electron chi connectivity index (χ3n) is 8.20. The van der Waals surface area contributed by atoms with Gasteiger partial charge < -0.3 is 29.1 Å². The molecule has 0 spiro atoms. The molecule has 53 heavy (non-hydrogen) atoms. The molecule has 284 valence electrons. The number of piperazine rings is 2. The molecule has 0 unspecified atom stereocenters. The molecular weight excluding hydrogens is 708 g/mol. The van der Waals surface area contributed by atoms with E-state index in [2.05, 4.69) is 0 Å². The second-order valence-corrected chi connectivity index (χ2v) is 14.4. The molecule has 16 nitrogen and oxygen atoms in total. The second kappa shape index (κ2) is 18.9. The largest absolute Gasteiger partial charge is 0.449 e. The maximum Gasteiger partial charge on any atom is 0.409 e. The smallest absolute Gasteiger partial charge is 0.409 e. The van der Waals surface area contributed by atoms with Crippen LogP contribution in [-0.4, -0.2) is 119 Å². The van der Waals surface area contributed by atoms with E-state index in [1.807, 2.05) is 27.7 Å². The molecule has 0 saturated carbocycles. The van der Waals surface area contributed by atoms with Crippen molar-refractivity contribution in [2.24, 2.45) is 11.8 Å². The molecule has 2 fully saturated rings. The Morgan fingerprint density at radius 3 is 1.30 bits per heavy atom. The van der Waals surface area contributed by atoms with Crippen molar-refractivity contribution >= 4 is 59.3 Å². The van der Waals surface area contributed by atoms with Crippen molar-refractivity contribution < 1.29 is 38.5 Å². The molecule has 2 heterocycles. The van der Waals surface area contributed by atoms with Gasteiger partial charge in [-0.05, 0) is 47.2 Å². The van der Waals surface area contributed by atoms with E-state index < -0.39 is 22.0 Å². The van der Waals surface area contributed by atoms with Gasteiger partial charge in [-0.3, -0.25) is 29.8 Å². The Labute approximate surface area is 311 Å². The van der Waals surface area contributed by atoms with Gasteiger partial charge in [0.2, 0.25) is 11.8 Å². The molecule has 17 heteroatoms. The van der Waals surface area contributed by atoms with Gasteiger partial charge in [0.25, 0.3) is 11.4 Å². The summed E-state index contributed by atoms with van der Waals surface area (Å²) in [4.78, 5) is 79.5. The minimum absolute atomic E-state index is 0.160. The number of ether oxygens (including phenoxy) is 2. The zero-order valence-electron chi connectivity index (χ0n) is 30.2. The molecule has 0 aromatic heterocycles. The molecule has 4 rings (SSSR count). The number of nitro benzene ring substituents is 2. The van der Waals surface area contributed by atoms with Gasteiger partial charge in [0.1, 0.15) is 0 Å². The zero-order valence-corrected chi connectivity index (χ0v) is 31.0. The van der Waals surface area contributed by atoms with E-state index in [9.17, 15) is 39.4 Å². The number of rotatable bonds is 12. The SMILES string of the molecule is CC(C)COC(=O)N1CCN(C(=O)/C=C/c2ccc(Sc3ccc(/C=C/C(=O)N4CCN(C(=O)OCC(C)C)CC4)cc3[N+](=O)[O-])c([N+](=O)[O-])c2)CC1. The average Bonchev–Trinajstić information content (AvgIpc) is 3.14. The third kappa shape index (κ3) is 11.8. The second-order valence-electron chi connectivity index (χ2n) is 13.3. The van der Waals surface area contributed by atoms with Gasteiger partial charge in [-0.25, -0.2) is 9.59 Å². The molecule has 2 aromatic rings. The summed E-state index contributed by atoms with van der Waals surface area (Å²) in [5.74, 6) is -0.199. The Morgan fingerprint density at radius 2 is 0.981 bits per heavy atom. The van der Waals surface area contributed by atoms with Gasteiger partial charge >= 0.3 is 12.2 Å². The highest BCUT2D eigenvalue weighted by Crippen LogP contribution is 2.40. The summed E-state index contributed by atoms with van der Waals surface area (Å²) >= 11 is 0.857. The Morgan fingerprint density at radius 1 is 0.642 bits per heavy atom. The lowest BCUT2D eigenvalue weighted by molar-refractivity contribution is -0.388. The van der Waals surface area contributed by atoms with Crippen molar-refractivity contribution in [3.05, 3.63) is 79.9 Å². The van der Waals surface area contributed by atoms with Crippen molar-refractivity contribution in [2.75, 3.05) is 65.6 Å². The molecule has 0 radical (unpaired) electrons. The molecular formula is C36H44N6O10S. The number of hydrogen-bond acceptors (Lipinski definition) is 11. The number of nitrogens with zero attached hydrogens (tertiary/aromatic N) is 6. The fraction of sp³-hybridized carbons (Fsp3) is 0.444. The molecule has 0 aliphatic carbocycles. The van der Waals surface area contributed by atoms with E-state index in [1.165, 1.54) is 48.6 Å². The van der Waals surface area contributed by atoms with E-state index in [1.54, 1.807) is 31.7 Å². The fourth-order valence-corrected chi connectivity index (χ4v) is 6.26. The first-order valence-corrected chi connectivity index (χ1v) is 18.1. The molecule has 4 amide bonds. The maximum atomic E-state index is 12.8. The highest BCUT2D eigenvalue weighted by molar-refractivity contribution is 7.99. The van der Waals surface area contributed by atoms with Gasteiger partial charge in [-0.1, -0.05) is 51.6 Å². The first-order valence-electron chi connectivity index (χ1n) is 17.2. The van der Waals surface area contributed by atoms with Gasteiger partial charge in [0, 0.05) is 76.6 Å². The Bertz CT molecular complexity index is 1620. The van der Waals surface area contributed by atoms with Crippen molar-refractivity contribution in [3.63, 3.8) is 0 Å². The predicted octanol–water partition coefficient (Wildman–Crippen LogP) is 5.55. The van der Waals surface area contributed by atoms with Crippen LogP contribution in [0.15, 0.2) is 58.3 Å². The average molecular weight is 753 g/mol. The molecule has 2 aliphatic rings. The van der Waals surface area contributed by atoms with Crippen LogP contribution >= 0.6 is 11.8 Å². The quantitative estimate of drug-likeness (QED) is 0.150. The summed E-state index contributed by atoms with van der Waals surface area (Å²) < 4.78 is 10.5. The Hall–Kier alpha value is -5.45. The minimum Gasteiger partial charge on any atom is -0.449 e. The molecule has 0 atom stereocenters. The molecule has 2 saturated heterocycles. The number of hydrogen-bond donors (Lipinski definition) is 0. The van der Waals surface area contributed by atoms with E-state index >= 15 is 0 Å². The van der Waals surface area contributed by atoms with Gasteiger partial charge in [-0.15, -0.1) is 0 Å². The minimum atomic E-state index is -0.595. The maximum absolute atomic E-state index is 12.8. The van der Waals surface area contributed by atoms with Crippen molar-refractivity contribution in [2.45, 2.75) is 37.5 Å². The predicted molar refractivity (Wildman–Crippen MR) is 197 cm³/mol. The first kappa shape index (κ1) is 40.3. The topological polar surface area (TPSA) is 186 Å². The Kier molecular flexibility index (Phi) is 14.4. The normalized spacial score (nSPS) is 15.1. The van der Waals surface area contributed by atoms with E-state index in [0.717, 1.165) is 11.8 Å². The van der Waals surface area contributed by atoms with Gasteiger partial charge in [-0.2, -0.15) is 0 Å². The third-order valence-corrected chi connectivity index (χ3v) is 9.33. The van der Waals surface area contributed by atoms with Crippen LogP contribution < -0.4 is 0 Å². The summed E-state index contributed by atoms with van der Waals surface area (Å²) in [6.45, 7) is 11.0. The van der Waals surface area contributed by atoms with E-state index in [4.69, 9.17) is 9.47 Å². The highest BCUT2D eigenvalue weighted by Gasteiger charge is 2.26. The van der Waals surface area contributed by atoms with Crippen molar-refractivity contribution in [1.82, 2.24) is 19.6 Å². The van der Waals surface area contributed by atoms with Crippen LogP contribution in [0.25, 0.3) is 12.2 Å². The van der Waals surface area contributed by atoms with Crippen LogP contribution in [-0.2, 0) is 19.1 Å². The monoisotopic (exact) mass is 752 g/mol. The summed E-state index contributed by atoms with van der Waals surface area (Å²) in [5.41, 5.74) is 0.181. The standard InChI is InChI=1S/C36H44N6O10S/c1-25(2)23-51-35(45)39-17-13-37(14-18-39)33(43)11-7-27-5-9-31(29(21-27)41(47)48)53-32-10-6-28(22-30(32)42(49)50)8-12-34(44)38-15-19-40(20-16-38)36(46)52-24-26(3)4/h5-12,21-22,25-26H,13-20,23-24H2,1-4H3/b11-7+,12-8+. The molecule has 0 bridgehead atoms. The number of carbonyl (C=O) groups is 4. The lowest BCUT2D eigenvalue weighted by Gasteiger charge is -2.33. The van der Waals surface area contributed by atoms with Gasteiger partial charge in [0.05, 0.1) is 32.9 Å². The van der Waals surface area contributed by atoms with Crippen LogP contribution in [0.2, 0.25) is 0 Å². The summed E-state index contributed by atoms with van der Waals surface area (Å²) in [5, 5.41) is 24.0. The summed E-state index contributed by atoms with van der Waals surface area (Å²) in [6, 6.07) is 8.66. The van der Waals surface area contributed by atoms with Crippen LogP contribution in [0, 0.1) is 32.1 Å². The van der Waals surface area contributed by atoms with Crippen LogP contribution in [0.3, 0.4) is 0 Å². The number of amides is 4. The first-order chi connectivity index (χ1) is 25.2. The zero-order chi connectivity index (χ0) is 38.7. The van der Waals surface area contributed by atoms with Crippen LogP contribution in [0.5, 0.6) is 0 Å². The number of carbonyl (C=O) groups excluding carboxylic acids is 4. The van der Waals surface area contributed by atoms with Crippen molar-refractivity contribution in [1.29, 1.82) is 0 Å². The Balaban J connectivity index is 1.36. The highest BCUT2D eigenvalue weighted by atomic mass is 32.2. The fourth-order valence-electron chi connectivity index (χ4n) is 5.28. The summed E-state index contributed by atoms with van der Waals surface area (Å²) in [7, 11) is 0. The van der Waals surface area contributed by atoms with E-state index in [0.29, 0.717) is 76.7 Å². The lowest BCUT2D eigenvalue weighted by Crippen LogP contribution is -2.50. The van der Waals surface area contributed by atoms with Gasteiger partial charge in [0.15, 0.2) is 0 Å². The number of nitro groups is 2. The molecule has 2 aromatic carbocycles. The lowest BCUT2D eigenvalue weighted by atomic mass is 10.2. The van der Waals surface area contributed by atoms with Crippen LogP contribution in [0.4, 0.5) is 21.0 Å². The van der Waals surface area contributed by atoms with Crippen molar-refractivity contribution in [3.8, 4) is 0 Å². The number of benzene rings is 2.